The number of carbonyl (C=O) groups is 2. The molecule has 142 valence electrons. The highest BCUT2D eigenvalue weighted by Gasteiger charge is 2.28. The van der Waals surface area contributed by atoms with Crippen LogP contribution >= 0.6 is 11.3 Å². The minimum absolute atomic E-state index is 0.0402. The van der Waals surface area contributed by atoms with Crippen LogP contribution in [-0.2, 0) is 12.8 Å². The first-order valence-corrected chi connectivity index (χ1v) is 9.64. The first-order valence-electron chi connectivity index (χ1n) is 8.82. The van der Waals surface area contributed by atoms with E-state index in [2.05, 4.69) is 12.2 Å². The molecular formula is C19H21N3O4S. The summed E-state index contributed by atoms with van der Waals surface area (Å²) in [6.07, 6.45) is 3.76. The van der Waals surface area contributed by atoms with E-state index in [0.29, 0.717) is 27.6 Å². The van der Waals surface area contributed by atoms with E-state index >= 15 is 0 Å². The van der Waals surface area contributed by atoms with Gasteiger partial charge in [-0.15, -0.1) is 11.3 Å². The van der Waals surface area contributed by atoms with Crippen molar-refractivity contribution in [3.8, 4) is 0 Å². The van der Waals surface area contributed by atoms with Crippen LogP contribution in [0.2, 0.25) is 0 Å². The van der Waals surface area contributed by atoms with Crippen LogP contribution in [0.3, 0.4) is 0 Å². The lowest BCUT2D eigenvalue weighted by atomic mass is 9.85. The van der Waals surface area contributed by atoms with Crippen molar-refractivity contribution in [1.29, 1.82) is 0 Å². The van der Waals surface area contributed by atoms with Crippen molar-refractivity contribution < 1.29 is 14.5 Å². The predicted molar refractivity (Wildman–Crippen MR) is 104 cm³/mol. The SMILES string of the molecule is CC[C@H]1CCc2c(sc(NC(=O)c3ccc([N+](=O)[O-])c(C)c3)c2C(N)=O)C1. The Labute approximate surface area is 160 Å². The third-order valence-electron chi connectivity index (χ3n) is 5.07. The Morgan fingerprint density at radius 1 is 1.41 bits per heavy atom. The summed E-state index contributed by atoms with van der Waals surface area (Å²) in [7, 11) is 0. The summed E-state index contributed by atoms with van der Waals surface area (Å²) in [5, 5.41) is 14.2. The number of benzene rings is 1. The molecule has 0 unspecified atom stereocenters. The fourth-order valence-corrected chi connectivity index (χ4v) is 4.89. The van der Waals surface area contributed by atoms with Crippen molar-refractivity contribution in [1.82, 2.24) is 0 Å². The first kappa shape index (κ1) is 19.0. The van der Waals surface area contributed by atoms with Gasteiger partial charge in [-0.25, -0.2) is 0 Å². The van der Waals surface area contributed by atoms with Crippen LogP contribution in [0.1, 0.15) is 56.5 Å². The summed E-state index contributed by atoms with van der Waals surface area (Å²) in [6, 6.07) is 4.19. The summed E-state index contributed by atoms with van der Waals surface area (Å²) in [5.41, 5.74) is 7.59. The summed E-state index contributed by atoms with van der Waals surface area (Å²) in [5.74, 6) is -0.378. The molecule has 7 nitrogen and oxygen atoms in total. The topological polar surface area (TPSA) is 115 Å². The lowest BCUT2D eigenvalue weighted by Gasteiger charge is -2.20. The van der Waals surface area contributed by atoms with Crippen molar-refractivity contribution in [3.63, 3.8) is 0 Å². The maximum absolute atomic E-state index is 12.6. The van der Waals surface area contributed by atoms with Crippen LogP contribution in [0.25, 0.3) is 0 Å². The van der Waals surface area contributed by atoms with E-state index in [1.165, 1.54) is 29.5 Å². The van der Waals surface area contributed by atoms with E-state index in [9.17, 15) is 19.7 Å². The second-order valence-corrected chi connectivity index (χ2v) is 7.91. The van der Waals surface area contributed by atoms with Gasteiger partial charge in [-0.3, -0.25) is 19.7 Å². The number of rotatable bonds is 5. The van der Waals surface area contributed by atoms with E-state index in [1.807, 2.05) is 0 Å². The molecule has 1 aliphatic rings. The van der Waals surface area contributed by atoms with E-state index in [4.69, 9.17) is 5.73 Å². The highest BCUT2D eigenvalue weighted by molar-refractivity contribution is 7.17. The quantitative estimate of drug-likeness (QED) is 0.599. The number of thiophene rings is 1. The van der Waals surface area contributed by atoms with E-state index in [1.54, 1.807) is 6.92 Å². The smallest absolute Gasteiger partial charge is 0.272 e. The summed E-state index contributed by atoms with van der Waals surface area (Å²) in [4.78, 5) is 36.2. The first-order chi connectivity index (χ1) is 12.8. The molecule has 0 aliphatic heterocycles. The molecule has 1 aromatic heterocycles. The predicted octanol–water partition coefficient (Wildman–Crippen LogP) is 3.83. The molecule has 0 spiro atoms. The lowest BCUT2D eigenvalue weighted by Crippen LogP contribution is -2.19. The molecule has 0 fully saturated rings. The maximum Gasteiger partial charge on any atom is 0.272 e. The molecule has 0 radical (unpaired) electrons. The third kappa shape index (κ3) is 3.71. The number of nitro benzene ring substituents is 1. The Morgan fingerprint density at radius 3 is 2.74 bits per heavy atom. The third-order valence-corrected chi connectivity index (χ3v) is 6.24. The average Bonchev–Trinajstić information content (AvgIpc) is 2.97. The van der Waals surface area contributed by atoms with Crippen LogP contribution in [0.15, 0.2) is 18.2 Å². The lowest BCUT2D eigenvalue weighted by molar-refractivity contribution is -0.385. The van der Waals surface area contributed by atoms with Gasteiger partial charge in [-0.2, -0.15) is 0 Å². The Bertz CT molecular complexity index is 935. The highest BCUT2D eigenvalue weighted by Crippen LogP contribution is 2.40. The van der Waals surface area contributed by atoms with Crippen molar-refractivity contribution >= 4 is 33.8 Å². The van der Waals surface area contributed by atoms with Crippen molar-refractivity contribution in [2.24, 2.45) is 11.7 Å². The summed E-state index contributed by atoms with van der Waals surface area (Å²) >= 11 is 1.40. The molecule has 3 rings (SSSR count). The number of hydrogen-bond donors (Lipinski definition) is 2. The molecule has 0 saturated heterocycles. The fourth-order valence-electron chi connectivity index (χ4n) is 3.53. The number of amides is 2. The van der Waals surface area contributed by atoms with Gasteiger partial charge in [0.2, 0.25) is 0 Å². The van der Waals surface area contributed by atoms with Crippen LogP contribution < -0.4 is 11.1 Å². The number of nitro groups is 1. The average molecular weight is 387 g/mol. The number of primary amides is 1. The largest absolute Gasteiger partial charge is 0.365 e. The highest BCUT2D eigenvalue weighted by atomic mass is 32.1. The molecule has 1 aromatic carbocycles. The number of carbonyl (C=O) groups excluding carboxylic acids is 2. The van der Waals surface area contributed by atoms with Crippen molar-refractivity contribution in [2.45, 2.75) is 39.5 Å². The molecule has 27 heavy (non-hydrogen) atoms. The number of hydrogen-bond acceptors (Lipinski definition) is 5. The monoisotopic (exact) mass is 387 g/mol. The Balaban J connectivity index is 1.90. The van der Waals surface area contributed by atoms with Crippen LogP contribution in [-0.4, -0.2) is 16.7 Å². The zero-order valence-corrected chi connectivity index (χ0v) is 16.0. The molecule has 3 N–H and O–H groups in total. The Hall–Kier alpha value is -2.74. The fraction of sp³-hybridized carbons (Fsp3) is 0.368. The van der Waals surface area contributed by atoms with Crippen LogP contribution in [0.4, 0.5) is 10.7 Å². The molecule has 2 amide bonds. The second kappa shape index (κ2) is 7.48. The number of nitrogens with zero attached hydrogens (tertiary/aromatic N) is 1. The van der Waals surface area contributed by atoms with Gasteiger partial charge in [0.1, 0.15) is 5.00 Å². The number of aryl methyl sites for hydroxylation is 1. The maximum atomic E-state index is 12.6. The van der Waals surface area contributed by atoms with Gasteiger partial charge < -0.3 is 11.1 Å². The molecule has 1 aliphatic carbocycles. The van der Waals surface area contributed by atoms with Crippen molar-refractivity contribution in [2.75, 3.05) is 5.32 Å². The number of nitrogens with one attached hydrogen (secondary N) is 1. The molecule has 0 saturated carbocycles. The van der Waals surface area contributed by atoms with E-state index in [0.717, 1.165) is 36.1 Å². The molecule has 2 aromatic rings. The number of nitrogens with two attached hydrogens (primary N) is 1. The van der Waals surface area contributed by atoms with Gasteiger partial charge in [-0.1, -0.05) is 13.3 Å². The zero-order valence-electron chi connectivity index (χ0n) is 15.2. The molecule has 1 atom stereocenters. The van der Waals surface area contributed by atoms with E-state index in [-0.39, 0.29) is 5.69 Å². The summed E-state index contributed by atoms with van der Waals surface area (Å²) < 4.78 is 0. The van der Waals surface area contributed by atoms with Crippen LogP contribution in [0.5, 0.6) is 0 Å². The zero-order chi connectivity index (χ0) is 19.7. The Morgan fingerprint density at radius 2 is 2.15 bits per heavy atom. The number of anilines is 1. The van der Waals surface area contributed by atoms with Crippen LogP contribution in [0, 0.1) is 23.0 Å². The van der Waals surface area contributed by atoms with Gasteiger partial charge in [0.05, 0.1) is 10.5 Å². The minimum Gasteiger partial charge on any atom is -0.365 e. The number of fused-ring (bicyclic) bond motifs is 1. The van der Waals surface area contributed by atoms with Gasteiger partial charge in [0.25, 0.3) is 17.5 Å². The van der Waals surface area contributed by atoms with E-state index < -0.39 is 16.7 Å². The van der Waals surface area contributed by atoms with Gasteiger partial charge in [-0.05, 0) is 49.8 Å². The second-order valence-electron chi connectivity index (χ2n) is 6.80. The standard InChI is InChI=1S/C19H21N3O4S/c1-3-11-4-6-13-15(9-11)27-19(16(13)17(20)23)21-18(24)12-5-7-14(22(25)26)10(2)8-12/h5,7-8,11H,3-4,6,9H2,1-2H3,(H2,20,23)(H,21,24)/t11-/m0/s1. The van der Waals surface area contributed by atoms with Gasteiger partial charge in [0.15, 0.2) is 0 Å². The van der Waals surface area contributed by atoms with Crippen molar-refractivity contribution in [3.05, 3.63) is 55.4 Å². The summed E-state index contributed by atoms with van der Waals surface area (Å²) in [6.45, 7) is 3.73. The molecular weight excluding hydrogens is 366 g/mol. The Kier molecular flexibility index (Phi) is 5.27. The molecule has 8 heteroatoms. The minimum atomic E-state index is -0.544. The molecule has 1 heterocycles. The van der Waals surface area contributed by atoms with Gasteiger partial charge in [0, 0.05) is 22.1 Å². The molecule has 0 bridgehead atoms. The normalized spacial score (nSPS) is 15.9. The van der Waals surface area contributed by atoms with Gasteiger partial charge >= 0.3 is 0 Å².